The van der Waals surface area contributed by atoms with E-state index in [1.807, 2.05) is 31.3 Å². The molecule has 4 nitrogen and oxygen atoms in total. The maximum absolute atomic E-state index is 12.3. The molecule has 0 radical (unpaired) electrons. The molecule has 3 aromatic rings. The van der Waals surface area contributed by atoms with Crippen molar-refractivity contribution < 1.29 is 4.21 Å². The van der Waals surface area contributed by atoms with Gasteiger partial charge in [-0.15, -0.1) is 10.2 Å². The van der Waals surface area contributed by atoms with E-state index in [1.165, 1.54) is 10.8 Å². The Morgan fingerprint density at radius 2 is 1.90 bits per heavy atom. The highest BCUT2D eigenvalue weighted by Crippen LogP contribution is 2.20. The summed E-state index contributed by atoms with van der Waals surface area (Å²) in [4.78, 5) is 0. The van der Waals surface area contributed by atoms with E-state index in [-0.39, 0.29) is 0 Å². The second-order valence-electron chi connectivity index (χ2n) is 4.72. The van der Waals surface area contributed by atoms with Crippen LogP contribution in [0.1, 0.15) is 11.4 Å². The molecule has 1 atom stereocenters. The summed E-state index contributed by atoms with van der Waals surface area (Å²) in [6.45, 7) is 0. The molecule has 0 amide bonds. The number of aryl methyl sites for hydroxylation is 1. The van der Waals surface area contributed by atoms with Gasteiger partial charge in [0.25, 0.3) is 0 Å². The van der Waals surface area contributed by atoms with Crippen LogP contribution in [-0.2, 0) is 29.4 Å². The Balaban J connectivity index is 1.83. The molecule has 20 heavy (non-hydrogen) atoms. The van der Waals surface area contributed by atoms with Gasteiger partial charge >= 0.3 is 0 Å². The molecule has 0 spiro atoms. The lowest BCUT2D eigenvalue weighted by molar-refractivity contribution is 0.679. The molecular weight excluding hydrogens is 270 g/mol. The first-order valence-electron chi connectivity index (χ1n) is 6.38. The van der Waals surface area contributed by atoms with Crippen LogP contribution in [0.3, 0.4) is 0 Å². The van der Waals surface area contributed by atoms with Gasteiger partial charge in [0.1, 0.15) is 12.2 Å². The van der Waals surface area contributed by atoms with Crippen molar-refractivity contribution in [2.45, 2.75) is 11.5 Å². The predicted molar refractivity (Wildman–Crippen MR) is 80.5 cm³/mol. The molecule has 0 bridgehead atoms. The van der Waals surface area contributed by atoms with E-state index >= 15 is 0 Å². The summed E-state index contributed by atoms with van der Waals surface area (Å²) in [7, 11) is 0.876. The average Bonchev–Trinajstić information content (AvgIpc) is 2.85. The maximum atomic E-state index is 12.3. The molecule has 0 N–H and O–H groups in total. The molecule has 3 rings (SSSR count). The molecule has 1 aromatic heterocycles. The summed E-state index contributed by atoms with van der Waals surface area (Å²) in [5.41, 5.74) is 1.11. The average molecular weight is 285 g/mol. The van der Waals surface area contributed by atoms with Gasteiger partial charge in [0.15, 0.2) is 0 Å². The zero-order valence-electron chi connectivity index (χ0n) is 11.2. The summed E-state index contributed by atoms with van der Waals surface area (Å²) in [5.74, 6) is 1.72. The van der Waals surface area contributed by atoms with Crippen molar-refractivity contribution in [3.05, 3.63) is 60.2 Å². The third kappa shape index (κ3) is 2.63. The quantitative estimate of drug-likeness (QED) is 0.739. The van der Waals surface area contributed by atoms with Crippen molar-refractivity contribution in [3.8, 4) is 0 Å². The molecule has 2 aromatic carbocycles. The third-order valence-electron chi connectivity index (χ3n) is 3.29. The fourth-order valence-electron chi connectivity index (χ4n) is 2.22. The Hall–Kier alpha value is -2.01. The highest BCUT2D eigenvalue weighted by molar-refractivity contribution is 7.83. The number of nitrogens with zero attached hydrogens (tertiary/aromatic N) is 3. The van der Waals surface area contributed by atoms with E-state index in [2.05, 4.69) is 28.4 Å². The number of aromatic nitrogens is 3. The van der Waals surface area contributed by atoms with Crippen LogP contribution in [0.4, 0.5) is 0 Å². The minimum absolute atomic E-state index is 0.430. The summed E-state index contributed by atoms with van der Waals surface area (Å²) in [6, 6.07) is 14.3. The van der Waals surface area contributed by atoms with E-state index in [4.69, 9.17) is 0 Å². The molecular formula is C15H15N3OS. The molecule has 0 aliphatic carbocycles. The standard InChI is InChI=1S/C15H15N3OS/c1-18-11-16-17-15(18)10-20(19)9-13-7-4-6-12-5-2-3-8-14(12)13/h2-8,11H,9-10H2,1H3. The summed E-state index contributed by atoms with van der Waals surface area (Å²) in [5, 5.41) is 10.1. The second kappa shape index (κ2) is 5.54. The summed E-state index contributed by atoms with van der Waals surface area (Å²) < 4.78 is 14.1. The fraction of sp³-hybridized carbons (Fsp3) is 0.200. The Morgan fingerprint density at radius 1 is 1.10 bits per heavy atom. The first-order chi connectivity index (χ1) is 9.74. The van der Waals surface area contributed by atoms with Gasteiger partial charge in [-0.3, -0.25) is 4.21 Å². The highest BCUT2D eigenvalue weighted by atomic mass is 32.2. The Kier molecular flexibility index (Phi) is 3.60. The molecule has 0 aliphatic heterocycles. The largest absolute Gasteiger partial charge is 0.320 e. The fourth-order valence-corrected chi connectivity index (χ4v) is 3.47. The maximum Gasteiger partial charge on any atom is 0.145 e. The third-order valence-corrected chi connectivity index (χ3v) is 4.50. The Morgan fingerprint density at radius 3 is 2.70 bits per heavy atom. The van der Waals surface area contributed by atoms with Crippen LogP contribution in [-0.4, -0.2) is 19.0 Å². The van der Waals surface area contributed by atoms with Gasteiger partial charge in [-0.2, -0.15) is 0 Å². The molecule has 0 aliphatic rings. The minimum atomic E-state index is -0.990. The van der Waals surface area contributed by atoms with Crippen LogP contribution in [0.15, 0.2) is 48.8 Å². The smallest absolute Gasteiger partial charge is 0.145 e. The first-order valence-corrected chi connectivity index (χ1v) is 7.87. The summed E-state index contributed by atoms with van der Waals surface area (Å²) in [6.07, 6.45) is 1.63. The first kappa shape index (κ1) is 13.0. The van der Waals surface area contributed by atoms with Crippen LogP contribution >= 0.6 is 0 Å². The van der Waals surface area contributed by atoms with Crippen LogP contribution in [0.25, 0.3) is 10.8 Å². The van der Waals surface area contributed by atoms with Gasteiger partial charge in [-0.05, 0) is 16.3 Å². The van der Waals surface area contributed by atoms with Gasteiger partial charge in [0, 0.05) is 23.6 Å². The van der Waals surface area contributed by atoms with Crippen LogP contribution in [0.2, 0.25) is 0 Å². The monoisotopic (exact) mass is 285 g/mol. The highest BCUT2D eigenvalue weighted by Gasteiger charge is 2.09. The minimum Gasteiger partial charge on any atom is -0.320 e. The van der Waals surface area contributed by atoms with Crippen LogP contribution < -0.4 is 0 Å². The molecule has 0 saturated heterocycles. The lowest BCUT2D eigenvalue weighted by Crippen LogP contribution is -2.05. The van der Waals surface area contributed by atoms with E-state index in [1.54, 1.807) is 10.9 Å². The SMILES string of the molecule is Cn1cnnc1CS(=O)Cc1cccc2ccccc12. The number of hydrogen-bond acceptors (Lipinski definition) is 3. The Bertz CT molecular complexity index is 761. The van der Waals surface area contributed by atoms with Gasteiger partial charge in [-0.1, -0.05) is 42.5 Å². The van der Waals surface area contributed by atoms with Crippen molar-refractivity contribution in [2.75, 3.05) is 0 Å². The second-order valence-corrected chi connectivity index (χ2v) is 6.18. The van der Waals surface area contributed by atoms with E-state index in [0.29, 0.717) is 11.5 Å². The molecule has 1 heterocycles. The van der Waals surface area contributed by atoms with E-state index in [0.717, 1.165) is 11.4 Å². The van der Waals surface area contributed by atoms with E-state index < -0.39 is 10.8 Å². The molecule has 0 fully saturated rings. The van der Waals surface area contributed by atoms with Gasteiger partial charge in [-0.25, -0.2) is 0 Å². The molecule has 0 saturated carbocycles. The van der Waals surface area contributed by atoms with Crippen molar-refractivity contribution in [3.63, 3.8) is 0 Å². The lowest BCUT2D eigenvalue weighted by Gasteiger charge is -2.06. The van der Waals surface area contributed by atoms with Crippen LogP contribution in [0, 0.1) is 0 Å². The Labute approximate surface area is 119 Å². The molecule has 1 unspecified atom stereocenters. The number of rotatable bonds is 4. The predicted octanol–water partition coefficient (Wildman–Crippen LogP) is 2.42. The topological polar surface area (TPSA) is 47.8 Å². The van der Waals surface area contributed by atoms with Crippen molar-refractivity contribution >= 4 is 21.6 Å². The molecule has 102 valence electrons. The van der Waals surface area contributed by atoms with E-state index in [9.17, 15) is 4.21 Å². The van der Waals surface area contributed by atoms with Gasteiger partial charge < -0.3 is 4.57 Å². The van der Waals surface area contributed by atoms with Crippen LogP contribution in [0.5, 0.6) is 0 Å². The van der Waals surface area contributed by atoms with Crippen molar-refractivity contribution in [2.24, 2.45) is 7.05 Å². The zero-order valence-corrected chi connectivity index (χ0v) is 12.0. The lowest BCUT2D eigenvalue weighted by atomic mass is 10.1. The van der Waals surface area contributed by atoms with Gasteiger partial charge in [0.05, 0.1) is 5.75 Å². The number of hydrogen-bond donors (Lipinski definition) is 0. The normalized spacial score (nSPS) is 12.7. The molecule has 5 heteroatoms. The van der Waals surface area contributed by atoms with Crippen molar-refractivity contribution in [1.82, 2.24) is 14.8 Å². The zero-order chi connectivity index (χ0) is 13.9. The number of benzene rings is 2. The van der Waals surface area contributed by atoms with Gasteiger partial charge in [0.2, 0.25) is 0 Å². The number of fused-ring (bicyclic) bond motifs is 1. The van der Waals surface area contributed by atoms with Crippen molar-refractivity contribution in [1.29, 1.82) is 0 Å². The summed E-state index contributed by atoms with van der Waals surface area (Å²) >= 11 is 0.